The summed E-state index contributed by atoms with van der Waals surface area (Å²) in [5.74, 6) is 0.852. The van der Waals surface area contributed by atoms with Gasteiger partial charge in [0.1, 0.15) is 29.0 Å². The van der Waals surface area contributed by atoms with Gasteiger partial charge in [-0.2, -0.15) is 0 Å². The van der Waals surface area contributed by atoms with Crippen LogP contribution in [0.25, 0.3) is 0 Å². The Morgan fingerprint density at radius 1 is 1.03 bits per heavy atom. The minimum absolute atomic E-state index is 0.134. The quantitative estimate of drug-likeness (QED) is 0.500. The van der Waals surface area contributed by atoms with E-state index in [1.807, 2.05) is 6.07 Å². The maximum atomic E-state index is 13.4. The van der Waals surface area contributed by atoms with Gasteiger partial charge in [0.05, 0.1) is 5.02 Å². The van der Waals surface area contributed by atoms with E-state index in [1.54, 1.807) is 47.4 Å². The maximum absolute atomic E-state index is 13.4. The van der Waals surface area contributed by atoms with Gasteiger partial charge in [0.25, 0.3) is 5.91 Å². The van der Waals surface area contributed by atoms with Gasteiger partial charge in [0.15, 0.2) is 5.76 Å². The third kappa shape index (κ3) is 5.39. The molecule has 0 unspecified atom stereocenters. The molecule has 1 aliphatic rings. The fraction of sp³-hybridized carbons (Fsp3) is 0.261. The molecule has 0 radical (unpaired) electrons. The Balaban J connectivity index is 1.29. The average molecular weight is 463 g/mol. The van der Waals surface area contributed by atoms with Gasteiger partial charge in [-0.15, -0.1) is 0 Å². The van der Waals surface area contributed by atoms with Crippen molar-refractivity contribution in [1.82, 2.24) is 9.80 Å². The first-order chi connectivity index (χ1) is 15.0. The molecule has 4 rings (SSSR count). The van der Waals surface area contributed by atoms with Crippen LogP contribution in [0.15, 0.2) is 59.0 Å². The first-order valence-electron chi connectivity index (χ1n) is 9.91. The molecule has 2 heterocycles. The van der Waals surface area contributed by atoms with Crippen molar-refractivity contribution in [2.75, 3.05) is 26.2 Å². The number of halogens is 3. The zero-order valence-electron chi connectivity index (χ0n) is 16.7. The number of amides is 1. The smallest absolute Gasteiger partial charge is 0.289 e. The van der Waals surface area contributed by atoms with Crippen LogP contribution in [0.2, 0.25) is 10.0 Å². The van der Waals surface area contributed by atoms with Crippen LogP contribution in [0.1, 0.15) is 21.9 Å². The molecule has 1 aliphatic heterocycles. The van der Waals surface area contributed by atoms with Gasteiger partial charge in [0, 0.05) is 32.7 Å². The van der Waals surface area contributed by atoms with Crippen LogP contribution in [0, 0.1) is 5.82 Å². The Morgan fingerprint density at radius 2 is 1.81 bits per heavy atom. The highest BCUT2D eigenvalue weighted by molar-refractivity contribution is 6.42. The molecule has 1 amide bonds. The number of nitrogens with zero attached hydrogens (tertiary/aromatic N) is 2. The zero-order chi connectivity index (χ0) is 21.8. The van der Waals surface area contributed by atoms with E-state index in [0.29, 0.717) is 54.3 Å². The second-order valence-electron chi connectivity index (χ2n) is 7.30. The number of hydrogen-bond acceptors (Lipinski definition) is 4. The van der Waals surface area contributed by atoms with E-state index in [0.717, 1.165) is 5.56 Å². The number of furan rings is 1. The lowest BCUT2D eigenvalue weighted by atomic mass is 10.2. The Labute approximate surface area is 189 Å². The molecule has 31 heavy (non-hydrogen) atoms. The lowest BCUT2D eigenvalue weighted by Crippen LogP contribution is -2.48. The number of benzene rings is 2. The highest BCUT2D eigenvalue weighted by Crippen LogP contribution is 2.32. The molecule has 162 valence electrons. The average Bonchev–Trinajstić information content (AvgIpc) is 3.24. The van der Waals surface area contributed by atoms with Crippen molar-refractivity contribution in [2.45, 2.75) is 13.2 Å². The van der Waals surface area contributed by atoms with Gasteiger partial charge in [-0.1, -0.05) is 41.4 Å². The number of carbonyl (C=O) groups is 1. The standard InChI is InChI=1S/C23H21Cl2FN2O3/c24-19-5-2-6-20(22(19)25)30-15-18-7-8-21(31-18)23(29)28-11-9-27(10-12-28)14-16-3-1-4-17(26)13-16/h1-8,13H,9-12,14-15H2. The van der Waals surface area contributed by atoms with Crippen LogP contribution in [0.4, 0.5) is 4.39 Å². The molecule has 0 bridgehead atoms. The van der Waals surface area contributed by atoms with E-state index in [-0.39, 0.29) is 24.1 Å². The minimum Gasteiger partial charge on any atom is -0.484 e. The number of hydrogen-bond donors (Lipinski definition) is 0. The van der Waals surface area contributed by atoms with Crippen LogP contribution >= 0.6 is 23.2 Å². The van der Waals surface area contributed by atoms with Crippen molar-refractivity contribution in [2.24, 2.45) is 0 Å². The summed E-state index contributed by atoms with van der Waals surface area (Å²) >= 11 is 12.1. The highest BCUT2D eigenvalue weighted by Gasteiger charge is 2.24. The largest absolute Gasteiger partial charge is 0.484 e. The summed E-state index contributed by atoms with van der Waals surface area (Å²) in [6.45, 7) is 3.39. The Bertz CT molecular complexity index is 1060. The predicted molar refractivity (Wildman–Crippen MR) is 117 cm³/mol. The molecule has 0 atom stereocenters. The maximum Gasteiger partial charge on any atom is 0.289 e. The van der Waals surface area contributed by atoms with Crippen LogP contribution in [-0.4, -0.2) is 41.9 Å². The van der Waals surface area contributed by atoms with Crippen LogP contribution < -0.4 is 4.74 Å². The summed E-state index contributed by atoms with van der Waals surface area (Å²) in [6, 6.07) is 15.1. The first kappa shape index (κ1) is 21.7. The SMILES string of the molecule is O=C(c1ccc(COc2cccc(Cl)c2Cl)o1)N1CCN(Cc2cccc(F)c2)CC1. The summed E-state index contributed by atoms with van der Waals surface area (Å²) in [4.78, 5) is 16.7. The normalized spacial score (nSPS) is 14.6. The summed E-state index contributed by atoms with van der Waals surface area (Å²) in [6.07, 6.45) is 0. The van der Waals surface area contributed by atoms with E-state index < -0.39 is 0 Å². The zero-order valence-corrected chi connectivity index (χ0v) is 18.2. The molecule has 1 aromatic heterocycles. The summed E-state index contributed by atoms with van der Waals surface area (Å²) in [5.41, 5.74) is 0.926. The second kappa shape index (κ2) is 9.73. The Kier molecular flexibility index (Phi) is 6.80. The van der Waals surface area contributed by atoms with E-state index >= 15 is 0 Å². The van der Waals surface area contributed by atoms with Gasteiger partial charge >= 0.3 is 0 Å². The summed E-state index contributed by atoms with van der Waals surface area (Å²) in [5, 5.41) is 0.745. The molecule has 5 nitrogen and oxygen atoms in total. The molecule has 8 heteroatoms. The second-order valence-corrected chi connectivity index (χ2v) is 8.09. The van der Waals surface area contributed by atoms with E-state index in [9.17, 15) is 9.18 Å². The van der Waals surface area contributed by atoms with Gasteiger partial charge in [-0.3, -0.25) is 9.69 Å². The van der Waals surface area contributed by atoms with Crippen LogP contribution in [-0.2, 0) is 13.2 Å². The number of ether oxygens (including phenoxy) is 1. The van der Waals surface area contributed by atoms with Crippen LogP contribution in [0.3, 0.4) is 0 Å². The number of rotatable bonds is 6. The molecule has 2 aromatic carbocycles. The monoisotopic (exact) mass is 462 g/mol. The molecule has 3 aromatic rings. The molecule has 0 aliphatic carbocycles. The molecule has 1 saturated heterocycles. The first-order valence-corrected chi connectivity index (χ1v) is 10.7. The summed E-state index contributed by atoms with van der Waals surface area (Å²) in [7, 11) is 0. The Morgan fingerprint density at radius 3 is 2.58 bits per heavy atom. The number of carbonyl (C=O) groups excluding carboxylic acids is 1. The topological polar surface area (TPSA) is 45.9 Å². The van der Waals surface area contributed by atoms with Gasteiger partial charge in [-0.05, 0) is 42.0 Å². The van der Waals surface area contributed by atoms with Crippen molar-refractivity contribution < 1.29 is 18.3 Å². The molecule has 0 spiro atoms. The lowest BCUT2D eigenvalue weighted by Gasteiger charge is -2.34. The van der Waals surface area contributed by atoms with E-state index in [1.165, 1.54) is 6.07 Å². The van der Waals surface area contributed by atoms with Crippen molar-refractivity contribution in [3.8, 4) is 5.75 Å². The van der Waals surface area contributed by atoms with Crippen molar-refractivity contribution in [3.63, 3.8) is 0 Å². The molecule has 1 fully saturated rings. The molecule has 0 N–H and O–H groups in total. The third-order valence-electron chi connectivity index (χ3n) is 5.11. The molecular formula is C23H21Cl2FN2O3. The van der Waals surface area contributed by atoms with E-state index in [2.05, 4.69) is 4.90 Å². The molecular weight excluding hydrogens is 442 g/mol. The fourth-order valence-electron chi connectivity index (χ4n) is 3.47. The van der Waals surface area contributed by atoms with Gasteiger partial charge < -0.3 is 14.1 Å². The van der Waals surface area contributed by atoms with Gasteiger partial charge in [0.2, 0.25) is 0 Å². The fourth-order valence-corrected chi connectivity index (χ4v) is 3.82. The van der Waals surface area contributed by atoms with Crippen LogP contribution in [0.5, 0.6) is 5.75 Å². The van der Waals surface area contributed by atoms with Crippen molar-refractivity contribution in [1.29, 1.82) is 0 Å². The van der Waals surface area contributed by atoms with Crippen molar-refractivity contribution >= 4 is 29.1 Å². The lowest BCUT2D eigenvalue weighted by molar-refractivity contribution is 0.0594. The highest BCUT2D eigenvalue weighted by atomic mass is 35.5. The van der Waals surface area contributed by atoms with E-state index in [4.69, 9.17) is 32.4 Å². The van der Waals surface area contributed by atoms with Crippen molar-refractivity contribution in [3.05, 3.63) is 87.5 Å². The number of piperazine rings is 1. The van der Waals surface area contributed by atoms with Gasteiger partial charge in [-0.25, -0.2) is 4.39 Å². The third-order valence-corrected chi connectivity index (χ3v) is 5.91. The Hall–Kier alpha value is -2.54. The molecule has 0 saturated carbocycles. The summed E-state index contributed by atoms with van der Waals surface area (Å²) < 4.78 is 24.7. The predicted octanol–water partition coefficient (Wildman–Crippen LogP) is 5.26. The minimum atomic E-state index is -0.235.